The van der Waals surface area contributed by atoms with Gasteiger partial charge < -0.3 is 14.7 Å². The standard InChI is InChI=1S/C22H40NO2/c1-3-4-5-6-7-8-9-10-11-15-18-23(2,20-22(24)25)19-21-16-13-12-14-17-21/h12-14,16-17,22,24-25H,3-11,15,18-20H2,1-2H3/q+1. The Morgan fingerprint density at radius 1 is 0.800 bits per heavy atom. The Balaban J connectivity index is 2.22. The van der Waals surface area contributed by atoms with E-state index >= 15 is 0 Å². The molecule has 0 spiro atoms. The van der Waals surface area contributed by atoms with Gasteiger partial charge in [-0.15, -0.1) is 0 Å². The van der Waals surface area contributed by atoms with E-state index in [0.717, 1.165) is 19.5 Å². The second kappa shape index (κ2) is 13.3. The molecule has 0 aromatic heterocycles. The van der Waals surface area contributed by atoms with Gasteiger partial charge in [-0.05, 0) is 12.8 Å². The molecular weight excluding hydrogens is 310 g/mol. The predicted octanol–water partition coefficient (Wildman–Crippen LogP) is 4.86. The zero-order chi connectivity index (χ0) is 18.4. The van der Waals surface area contributed by atoms with Gasteiger partial charge in [-0.25, -0.2) is 0 Å². The van der Waals surface area contributed by atoms with Crippen molar-refractivity contribution in [1.29, 1.82) is 0 Å². The van der Waals surface area contributed by atoms with Crippen LogP contribution in [0.25, 0.3) is 0 Å². The van der Waals surface area contributed by atoms with Crippen molar-refractivity contribution in [2.24, 2.45) is 0 Å². The molecule has 1 aromatic rings. The Morgan fingerprint density at radius 2 is 1.32 bits per heavy atom. The monoisotopic (exact) mass is 350 g/mol. The van der Waals surface area contributed by atoms with Gasteiger partial charge >= 0.3 is 0 Å². The first-order chi connectivity index (χ1) is 12.1. The summed E-state index contributed by atoms with van der Waals surface area (Å²) >= 11 is 0. The highest BCUT2D eigenvalue weighted by atomic mass is 16.5. The molecule has 25 heavy (non-hydrogen) atoms. The third-order valence-corrected chi connectivity index (χ3v) is 5.06. The number of rotatable bonds is 15. The van der Waals surface area contributed by atoms with Gasteiger partial charge in [-0.3, -0.25) is 0 Å². The van der Waals surface area contributed by atoms with E-state index in [1.54, 1.807) is 0 Å². The average Bonchev–Trinajstić information content (AvgIpc) is 2.56. The number of hydrogen-bond donors (Lipinski definition) is 2. The normalized spacial score (nSPS) is 14.0. The first kappa shape index (κ1) is 22.1. The number of benzene rings is 1. The molecule has 1 rings (SSSR count). The minimum atomic E-state index is -1.24. The van der Waals surface area contributed by atoms with Gasteiger partial charge in [0.15, 0.2) is 0 Å². The van der Waals surface area contributed by atoms with Crippen molar-refractivity contribution < 1.29 is 14.7 Å². The van der Waals surface area contributed by atoms with Gasteiger partial charge in [0.25, 0.3) is 0 Å². The van der Waals surface area contributed by atoms with Crippen LogP contribution in [-0.4, -0.2) is 41.1 Å². The number of aliphatic hydroxyl groups excluding tert-OH is 1. The average molecular weight is 351 g/mol. The predicted molar refractivity (Wildman–Crippen MR) is 106 cm³/mol. The maximum Gasteiger partial charge on any atom is 0.202 e. The van der Waals surface area contributed by atoms with Gasteiger partial charge in [-0.1, -0.05) is 88.6 Å². The number of hydrogen-bond acceptors (Lipinski definition) is 2. The molecule has 0 aliphatic carbocycles. The highest BCUT2D eigenvalue weighted by Crippen LogP contribution is 2.16. The molecule has 1 atom stereocenters. The molecule has 0 fully saturated rings. The van der Waals surface area contributed by atoms with Gasteiger partial charge in [0.2, 0.25) is 6.29 Å². The molecular formula is C22H40NO2+. The van der Waals surface area contributed by atoms with Crippen LogP contribution >= 0.6 is 0 Å². The summed E-state index contributed by atoms with van der Waals surface area (Å²) in [7, 11) is 2.14. The molecule has 2 N–H and O–H groups in total. The van der Waals surface area contributed by atoms with E-state index in [1.165, 1.54) is 63.4 Å². The molecule has 0 heterocycles. The highest BCUT2D eigenvalue weighted by Gasteiger charge is 2.24. The van der Waals surface area contributed by atoms with Crippen molar-refractivity contribution in [2.75, 3.05) is 20.1 Å². The van der Waals surface area contributed by atoms with Crippen molar-refractivity contribution in [3.63, 3.8) is 0 Å². The zero-order valence-electron chi connectivity index (χ0n) is 16.5. The molecule has 0 bridgehead atoms. The summed E-state index contributed by atoms with van der Waals surface area (Å²) in [6, 6.07) is 10.4. The maximum atomic E-state index is 9.47. The van der Waals surface area contributed by atoms with Crippen LogP contribution in [0.5, 0.6) is 0 Å². The molecule has 1 unspecified atom stereocenters. The van der Waals surface area contributed by atoms with Gasteiger partial charge in [0.1, 0.15) is 13.1 Å². The number of unbranched alkanes of at least 4 members (excludes halogenated alkanes) is 9. The van der Waals surface area contributed by atoms with Crippen molar-refractivity contribution in [1.82, 2.24) is 0 Å². The number of nitrogens with zero attached hydrogens (tertiary/aromatic N) is 1. The lowest BCUT2D eigenvalue weighted by atomic mass is 10.1. The van der Waals surface area contributed by atoms with Crippen LogP contribution in [0.3, 0.4) is 0 Å². The van der Waals surface area contributed by atoms with E-state index in [4.69, 9.17) is 0 Å². The molecule has 0 aliphatic rings. The minimum Gasteiger partial charge on any atom is -0.364 e. The summed E-state index contributed by atoms with van der Waals surface area (Å²) in [6.07, 6.45) is 12.1. The third kappa shape index (κ3) is 11.4. The van der Waals surface area contributed by atoms with E-state index in [2.05, 4.69) is 38.2 Å². The van der Waals surface area contributed by atoms with Gasteiger partial charge in [0.05, 0.1) is 13.6 Å². The zero-order valence-corrected chi connectivity index (χ0v) is 16.5. The van der Waals surface area contributed by atoms with Crippen molar-refractivity contribution in [3.05, 3.63) is 35.9 Å². The first-order valence-electron chi connectivity index (χ1n) is 10.3. The van der Waals surface area contributed by atoms with Gasteiger partial charge in [-0.2, -0.15) is 0 Å². The van der Waals surface area contributed by atoms with E-state index in [1.807, 2.05) is 6.07 Å². The molecule has 3 heteroatoms. The van der Waals surface area contributed by atoms with Crippen molar-refractivity contribution in [2.45, 2.75) is 84.0 Å². The molecule has 0 amide bonds. The lowest BCUT2D eigenvalue weighted by Crippen LogP contribution is -2.48. The van der Waals surface area contributed by atoms with E-state index in [0.29, 0.717) is 11.0 Å². The Kier molecular flexibility index (Phi) is 11.8. The molecule has 0 aliphatic heterocycles. The number of aliphatic hydroxyl groups is 2. The third-order valence-electron chi connectivity index (χ3n) is 5.06. The van der Waals surface area contributed by atoms with Crippen molar-refractivity contribution in [3.8, 4) is 0 Å². The Labute approximate surface area is 155 Å². The maximum absolute atomic E-state index is 9.47. The Bertz CT molecular complexity index is 421. The number of quaternary nitrogens is 1. The van der Waals surface area contributed by atoms with Crippen LogP contribution in [0.2, 0.25) is 0 Å². The molecule has 0 saturated heterocycles. The smallest absolute Gasteiger partial charge is 0.202 e. The second-order valence-corrected chi connectivity index (χ2v) is 7.83. The Morgan fingerprint density at radius 3 is 1.84 bits per heavy atom. The Hall–Kier alpha value is -0.900. The summed E-state index contributed by atoms with van der Waals surface area (Å²) < 4.78 is 0.693. The van der Waals surface area contributed by atoms with Crippen LogP contribution in [-0.2, 0) is 6.54 Å². The highest BCUT2D eigenvalue weighted by molar-refractivity contribution is 5.13. The van der Waals surface area contributed by atoms with Crippen LogP contribution in [0.15, 0.2) is 30.3 Å². The lowest BCUT2D eigenvalue weighted by molar-refractivity contribution is -0.928. The fourth-order valence-corrected chi connectivity index (χ4v) is 3.63. The fourth-order valence-electron chi connectivity index (χ4n) is 3.63. The summed E-state index contributed by atoms with van der Waals surface area (Å²) in [6.45, 7) is 4.52. The summed E-state index contributed by atoms with van der Waals surface area (Å²) in [4.78, 5) is 0. The summed E-state index contributed by atoms with van der Waals surface area (Å²) in [5, 5.41) is 18.9. The molecule has 0 radical (unpaired) electrons. The summed E-state index contributed by atoms with van der Waals surface area (Å²) in [5.41, 5.74) is 1.26. The summed E-state index contributed by atoms with van der Waals surface area (Å²) in [5.74, 6) is 0. The largest absolute Gasteiger partial charge is 0.364 e. The van der Waals surface area contributed by atoms with Gasteiger partial charge in [0, 0.05) is 5.56 Å². The van der Waals surface area contributed by atoms with Crippen molar-refractivity contribution >= 4 is 0 Å². The van der Waals surface area contributed by atoms with Crippen LogP contribution < -0.4 is 0 Å². The van der Waals surface area contributed by atoms with Crippen LogP contribution in [0, 0.1) is 0 Å². The first-order valence-corrected chi connectivity index (χ1v) is 10.3. The van der Waals surface area contributed by atoms with Crippen LogP contribution in [0.4, 0.5) is 0 Å². The fraction of sp³-hybridized carbons (Fsp3) is 0.727. The number of likely N-dealkylation sites (N-methyl/N-ethyl adjacent to an activating group) is 1. The topological polar surface area (TPSA) is 40.5 Å². The quantitative estimate of drug-likeness (QED) is 0.269. The molecule has 3 nitrogen and oxygen atoms in total. The molecule has 144 valence electrons. The van der Waals surface area contributed by atoms with E-state index in [9.17, 15) is 10.2 Å². The lowest BCUT2D eigenvalue weighted by Gasteiger charge is -2.35. The SMILES string of the molecule is CCCCCCCCCCCC[N+](C)(Cc1ccccc1)CC(O)O. The minimum absolute atomic E-state index is 0.395. The van der Waals surface area contributed by atoms with E-state index < -0.39 is 6.29 Å². The molecule has 1 aromatic carbocycles. The second-order valence-electron chi connectivity index (χ2n) is 7.83. The van der Waals surface area contributed by atoms with E-state index in [-0.39, 0.29) is 0 Å². The molecule has 0 saturated carbocycles. The van der Waals surface area contributed by atoms with Crippen LogP contribution in [0.1, 0.15) is 76.7 Å².